The first-order chi connectivity index (χ1) is 11.7. The highest BCUT2D eigenvalue weighted by atomic mass is 16.1. The van der Waals surface area contributed by atoms with Crippen LogP contribution in [0.25, 0.3) is 11.0 Å². The molecule has 0 bridgehead atoms. The third-order valence-electron chi connectivity index (χ3n) is 4.14. The Morgan fingerprint density at radius 2 is 1.92 bits per heavy atom. The van der Waals surface area contributed by atoms with E-state index in [9.17, 15) is 4.79 Å². The smallest absolute Gasteiger partial charge is 0.269 e. The van der Waals surface area contributed by atoms with Gasteiger partial charge in [-0.05, 0) is 30.2 Å². The maximum atomic E-state index is 11.7. The van der Waals surface area contributed by atoms with Gasteiger partial charge in [0.1, 0.15) is 5.69 Å². The van der Waals surface area contributed by atoms with Gasteiger partial charge in [0.15, 0.2) is 0 Å². The van der Waals surface area contributed by atoms with Crippen molar-refractivity contribution < 1.29 is 0 Å². The van der Waals surface area contributed by atoms with E-state index in [4.69, 9.17) is 0 Å². The van der Waals surface area contributed by atoms with Crippen molar-refractivity contribution in [2.75, 3.05) is 0 Å². The monoisotopic (exact) mass is 316 g/mol. The Balaban J connectivity index is 1.91. The fourth-order valence-electron chi connectivity index (χ4n) is 2.96. The molecule has 2 aromatic heterocycles. The minimum Gasteiger partial charge on any atom is -0.326 e. The van der Waals surface area contributed by atoms with E-state index in [0.29, 0.717) is 5.69 Å². The Morgan fingerprint density at radius 3 is 2.67 bits per heavy atom. The summed E-state index contributed by atoms with van der Waals surface area (Å²) in [6.45, 7) is 1.72. The molecule has 1 N–H and O–H groups in total. The largest absolute Gasteiger partial charge is 0.326 e. The van der Waals surface area contributed by atoms with Crippen LogP contribution in [-0.2, 0) is 0 Å². The molecule has 4 rings (SSSR count). The molecular weight excluding hydrogens is 300 g/mol. The van der Waals surface area contributed by atoms with Crippen molar-refractivity contribution in [1.82, 2.24) is 19.5 Å². The van der Waals surface area contributed by atoms with E-state index < -0.39 is 0 Å². The summed E-state index contributed by atoms with van der Waals surface area (Å²) in [7, 11) is 0. The van der Waals surface area contributed by atoms with Gasteiger partial charge in [0.2, 0.25) is 0 Å². The summed E-state index contributed by atoms with van der Waals surface area (Å²) in [5.41, 5.74) is 4.10. The number of hydrogen-bond donors (Lipinski definition) is 1. The highest BCUT2D eigenvalue weighted by molar-refractivity contribution is 5.75. The summed E-state index contributed by atoms with van der Waals surface area (Å²) in [5, 5.41) is 0. The number of rotatable bonds is 3. The molecule has 5 nitrogen and oxygen atoms in total. The molecule has 24 heavy (non-hydrogen) atoms. The predicted molar refractivity (Wildman–Crippen MR) is 93.0 cm³/mol. The molecule has 2 aromatic carbocycles. The normalized spacial score (nSPS) is 12.4. The van der Waals surface area contributed by atoms with E-state index in [1.807, 2.05) is 48.9 Å². The Kier molecular flexibility index (Phi) is 3.46. The highest BCUT2D eigenvalue weighted by Crippen LogP contribution is 2.27. The van der Waals surface area contributed by atoms with Crippen molar-refractivity contribution in [3.05, 3.63) is 94.4 Å². The van der Waals surface area contributed by atoms with Gasteiger partial charge in [-0.2, -0.15) is 0 Å². The Labute approximate surface area is 138 Å². The van der Waals surface area contributed by atoms with E-state index >= 15 is 0 Å². The van der Waals surface area contributed by atoms with Gasteiger partial charge >= 0.3 is 0 Å². The number of benzene rings is 2. The molecule has 0 saturated carbocycles. The molecule has 0 spiro atoms. The Morgan fingerprint density at radius 1 is 1.08 bits per heavy atom. The van der Waals surface area contributed by atoms with Crippen molar-refractivity contribution in [2.24, 2.45) is 0 Å². The molecule has 5 heteroatoms. The van der Waals surface area contributed by atoms with Crippen LogP contribution in [0.3, 0.4) is 0 Å². The number of H-pyrrole nitrogens is 1. The van der Waals surface area contributed by atoms with Gasteiger partial charge in [0.25, 0.3) is 5.56 Å². The van der Waals surface area contributed by atoms with Crippen molar-refractivity contribution in [3.63, 3.8) is 0 Å². The van der Waals surface area contributed by atoms with Gasteiger partial charge in [-0.15, -0.1) is 0 Å². The number of aromatic amines is 1. The molecule has 0 saturated heterocycles. The van der Waals surface area contributed by atoms with Crippen LogP contribution in [0.1, 0.15) is 22.9 Å². The van der Waals surface area contributed by atoms with E-state index in [-0.39, 0.29) is 11.6 Å². The van der Waals surface area contributed by atoms with Gasteiger partial charge in [-0.25, -0.2) is 9.97 Å². The number of imidazole rings is 1. The molecule has 4 aromatic rings. The van der Waals surface area contributed by atoms with Crippen molar-refractivity contribution >= 4 is 11.0 Å². The van der Waals surface area contributed by atoms with Crippen LogP contribution in [-0.4, -0.2) is 19.5 Å². The minimum absolute atomic E-state index is 0.00661. The topological polar surface area (TPSA) is 63.6 Å². The Bertz CT molecular complexity index is 1040. The molecule has 2 heterocycles. The maximum Gasteiger partial charge on any atom is 0.269 e. The molecule has 0 radical (unpaired) electrons. The summed E-state index contributed by atoms with van der Waals surface area (Å²) >= 11 is 0. The third kappa shape index (κ3) is 2.50. The van der Waals surface area contributed by atoms with Crippen LogP contribution in [0.15, 0.2) is 72.0 Å². The lowest BCUT2D eigenvalue weighted by atomic mass is 9.98. The van der Waals surface area contributed by atoms with Crippen LogP contribution in [0, 0.1) is 6.92 Å². The standard InChI is InChI=1S/C19H16N4O/c1-13-19(24)22-16-8-7-15(11-17(16)21-13)18(23-10-9-20-12-23)14-5-3-2-4-6-14/h2-12,18H,1H3,(H,22,24). The minimum atomic E-state index is -0.149. The zero-order valence-electron chi connectivity index (χ0n) is 13.2. The zero-order chi connectivity index (χ0) is 16.5. The van der Waals surface area contributed by atoms with E-state index in [0.717, 1.165) is 22.2 Å². The van der Waals surface area contributed by atoms with Crippen molar-refractivity contribution in [2.45, 2.75) is 13.0 Å². The SMILES string of the molecule is Cc1nc2cc(C(c3ccccc3)n3ccnc3)ccc2[nH]c1=O. The number of nitrogens with zero attached hydrogens (tertiary/aromatic N) is 3. The van der Waals surface area contributed by atoms with Gasteiger partial charge in [-0.3, -0.25) is 4.79 Å². The van der Waals surface area contributed by atoms with Gasteiger partial charge < -0.3 is 9.55 Å². The van der Waals surface area contributed by atoms with Gasteiger partial charge in [0, 0.05) is 12.4 Å². The first kappa shape index (κ1) is 14.4. The van der Waals surface area contributed by atoms with E-state index in [1.54, 1.807) is 13.1 Å². The molecule has 0 aliphatic heterocycles. The van der Waals surface area contributed by atoms with Crippen LogP contribution in [0.5, 0.6) is 0 Å². The molecule has 0 aliphatic carbocycles. The Hall–Kier alpha value is -3.21. The lowest BCUT2D eigenvalue weighted by molar-refractivity contribution is 0.677. The number of aryl methyl sites for hydroxylation is 1. The first-order valence-electron chi connectivity index (χ1n) is 7.75. The molecular formula is C19H16N4O. The molecule has 1 unspecified atom stereocenters. The molecule has 0 amide bonds. The first-order valence-corrected chi connectivity index (χ1v) is 7.75. The van der Waals surface area contributed by atoms with Crippen LogP contribution in [0.4, 0.5) is 0 Å². The third-order valence-corrected chi connectivity index (χ3v) is 4.14. The van der Waals surface area contributed by atoms with Crippen LogP contribution >= 0.6 is 0 Å². The number of aromatic nitrogens is 4. The summed E-state index contributed by atoms with van der Waals surface area (Å²) < 4.78 is 2.06. The molecule has 0 fully saturated rings. The second-order valence-corrected chi connectivity index (χ2v) is 5.75. The number of hydrogen-bond acceptors (Lipinski definition) is 3. The highest BCUT2D eigenvalue weighted by Gasteiger charge is 2.16. The fourth-order valence-corrected chi connectivity index (χ4v) is 2.96. The van der Waals surface area contributed by atoms with Crippen LogP contribution < -0.4 is 5.56 Å². The van der Waals surface area contributed by atoms with E-state index in [1.165, 1.54) is 0 Å². The molecule has 1 atom stereocenters. The van der Waals surface area contributed by atoms with E-state index in [2.05, 4.69) is 31.7 Å². The molecule has 118 valence electrons. The summed E-state index contributed by atoms with van der Waals surface area (Å²) in [4.78, 5) is 23.2. The van der Waals surface area contributed by atoms with Gasteiger partial charge in [0.05, 0.1) is 23.4 Å². The average molecular weight is 316 g/mol. The number of fused-ring (bicyclic) bond motifs is 1. The average Bonchev–Trinajstić information content (AvgIpc) is 3.11. The summed E-state index contributed by atoms with van der Waals surface area (Å²) in [6.07, 6.45) is 5.54. The second kappa shape index (κ2) is 5.77. The van der Waals surface area contributed by atoms with Crippen molar-refractivity contribution in [1.29, 1.82) is 0 Å². The summed E-state index contributed by atoms with van der Waals surface area (Å²) in [6, 6.07) is 16.2. The lowest BCUT2D eigenvalue weighted by Gasteiger charge is -2.20. The second-order valence-electron chi connectivity index (χ2n) is 5.75. The molecule has 0 aliphatic rings. The lowest BCUT2D eigenvalue weighted by Crippen LogP contribution is -2.13. The quantitative estimate of drug-likeness (QED) is 0.632. The summed E-state index contributed by atoms with van der Waals surface area (Å²) in [5.74, 6) is 0. The maximum absolute atomic E-state index is 11.7. The zero-order valence-corrected chi connectivity index (χ0v) is 13.2. The predicted octanol–water partition coefficient (Wildman–Crippen LogP) is 3.07. The van der Waals surface area contributed by atoms with Gasteiger partial charge in [-0.1, -0.05) is 36.4 Å². The number of nitrogens with one attached hydrogen (secondary N) is 1. The van der Waals surface area contributed by atoms with Crippen LogP contribution in [0.2, 0.25) is 0 Å². The van der Waals surface area contributed by atoms with Crippen molar-refractivity contribution in [3.8, 4) is 0 Å². The fraction of sp³-hybridized carbons (Fsp3) is 0.105.